The summed E-state index contributed by atoms with van der Waals surface area (Å²) >= 11 is 0. The molecule has 0 aliphatic carbocycles. The number of para-hydroxylation sites is 1. The summed E-state index contributed by atoms with van der Waals surface area (Å²) in [4.78, 5) is 21.5. The maximum absolute atomic E-state index is 11.2. The average Bonchev–Trinajstić information content (AvgIpc) is 2.54. The van der Waals surface area contributed by atoms with Crippen LogP contribution in [-0.4, -0.2) is 18.2 Å². The van der Waals surface area contributed by atoms with Crippen molar-refractivity contribution in [3.63, 3.8) is 0 Å². The maximum atomic E-state index is 11.2. The minimum atomic E-state index is -0.809. The molecular weight excluding hydrogens is 286 g/mol. The number of hydrogen-bond donors (Lipinski definition) is 0. The van der Waals surface area contributed by atoms with Crippen LogP contribution in [0.3, 0.4) is 0 Å². The van der Waals surface area contributed by atoms with Gasteiger partial charge in [-0.25, -0.2) is 4.79 Å². The molecule has 0 aliphatic rings. The normalized spacial score (nSPS) is 10.4. The fraction of sp³-hybridized carbons (Fsp3) is 0.0625. The molecule has 22 heavy (non-hydrogen) atoms. The Kier molecular flexibility index (Phi) is 4.87. The molecule has 2 aromatic rings. The quantitative estimate of drug-likeness (QED) is 0.281. The molecular formula is C16H13NO5. The molecule has 2 rings (SSSR count). The molecule has 0 heterocycles. The topological polar surface area (TPSA) is 78.7 Å². The first kappa shape index (κ1) is 15.2. The molecule has 6 heteroatoms. The zero-order chi connectivity index (χ0) is 15.9. The number of ether oxygens (including phenoxy) is 2. The van der Waals surface area contributed by atoms with Gasteiger partial charge in [0, 0.05) is 17.7 Å². The lowest BCUT2D eigenvalue weighted by Gasteiger charge is -2.05. The number of carbonyl (C=O) groups is 1. The summed E-state index contributed by atoms with van der Waals surface area (Å²) in [6.07, 6.45) is 2.60. The van der Waals surface area contributed by atoms with Gasteiger partial charge in [0.05, 0.1) is 12.0 Å². The van der Waals surface area contributed by atoms with Gasteiger partial charge in [0.15, 0.2) is 0 Å². The van der Waals surface area contributed by atoms with E-state index in [2.05, 4.69) is 4.74 Å². The standard InChI is InChI=1S/C16H13NO5/c1-21-16(18)22-15-8-3-2-6-13(15)10-9-12-5-4-7-14(11-12)17(19)20/h2-11H,1H3. The van der Waals surface area contributed by atoms with Crippen LogP contribution in [0.1, 0.15) is 11.1 Å². The number of benzene rings is 2. The van der Waals surface area contributed by atoms with Crippen LogP contribution in [0.2, 0.25) is 0 Å². The molecule has 2 aromatic carbocycles. The summed E-state index contributed by atoms with van der Waals surface area (Å²) in [5.41, 5.74) is 1.34. The minimum Gasteiger partial charge on any atom is -0.437 e. The number of methoxy groups -OCH3 is 1. The van der Waals surface area contributed by atoms with Crippen LogP contribution in [0.25, 0.3) is 12.2 Å². The van der Waals surface area contributed by atoms with Gasteiger partial charge in [-0.1, -0.05) is 42.5 Å². The Morgan fingerprint density at radius 2 is 1.91 bits per heavy atom. The Morgan fingerprint density at radius 3 is 2.64 bits per heavy atom. The third-order valence-corrected chi connectivity index (χ3v) is 2.82. The van der Waals surface area contributed by atoms with Crippen molar-refractivity contribution < 1.29 is 19.2 Å². The highest BCUT2D eigenvalue weighted by molar-refractivity contribution is 5.75. The van der Waals surface area contributed by atoms with Crippen LogP contribution < -0.4 is 4.74 Å². The first-order chi connectivity index (χ1) is 10.6. The molecule has 0 amide bonds. The van der Waals surface area contributed by atoms with Crippen molar-refractivity contribution in [2.75, 3.05) is 7.11 Å². The number of rotatable bonds is 4. The van der Waals surface area contributed by atoms with Crippen LogP contribution >= 0.6 is 0 Å². The summed E-state index contributed by atoms with van der Waals surface area (Å²) in [6, 6.07) is 13.1. The molecule has 0 radical (unpaired) electrons. The van der Waals surface area contributed by atoms with E-state index < -0.39 is 11.1 Å². The van der Waals surface area contributed by atoms with Gasteiger partial charge in [-0.05, 0) is 11.6 Å². The van der Waals surface area contributed by atoms with Gasteiger partial charge >= 0.3 is 6.16 Å². The van der Waals surface area contributed by atoms with Crippen molar-refractivity contribution in [1.82, 2.24) is 0 Å². The molecule has 0 saturated heterocycles. The van der Waals surface area contributed by atoms with Crippen LogP contribution in [-0.2, 0) is 4.74 Å². The van der Waals surface area contributed by atoms with Crippen molar-refractivity contribution in [2.24, 2.45) is 0 Å². The maximum Gasteiger partial charge on any atom is 0.513 e. The van der Waals surface area contributed by atoms with Gasteiger partial charge in [0.25, 0.3) is 5.69 Å². The van der Waals surface area contributed by atoms with Crippen LogP contribution in [0, 0.1) is 10.1 Å². The molecule has 0 bridgehead atoms. The summed E-state index contributed by atoms with van der Waals surface area (Å²) in [5.74, 6) is 0.344. The van der Waals surface area contributed by atoms with Crippen LogP contribution in [0.5, 0.6) is 5.75 Å². The Bertz CT molecular complexity index is 724. The first-order valence-electron chi connectivity index (χ1n) is 6.37. The number of non-ortho nitro benzene ring substituents is 1. The Morgan fingerprint density at radius 1 is 1.14 bits per heavy atom. The second-order valence-electron chi connectivity index (χ2n) is 4.28. The highest BCUT2D eigenvalue weighted by Crippen LogP contribution is 2.22. The van der Waals surface area contributed by atoms with E-state index in [1.54, 1.807) is 48.6 Å². The van der Waals surface area contributed by atoms with Gasteiger partial charge < -0.3 is 9.47 Å². The van der Waals surface area contributed by atoms with Gasteiger partial charge in [0.2, 0.25) is 0 Å². The summed E-state index contributed by atoms with van der Waals surface area (Å²) in [5, 5.41) is 10.7. The van der Waals surface area contributed by atoms with Crippen LogP contribution in [0.4, 0.5) is 10.5 Å². The zero-order valence-corrected chi connectivity index (χ0v) is 11.8. The summed E-state index contributed by atoms with van der Waals surface area (Å²) in [7, 11) is 1.23. The van der Waals surface area contributed by atoms with E-state index in [1.165, 1.54) is 19.2 Å². The number of hydrogen-bond acceptors (Lipinski definition) is 5. The second-order valence-corrected chi connectivity index (χ2v) is 4.28. The van der Waals surface area contributed by atoms with Gasteiger partial charge in [-0.3, -0.25) is 10.1 Å². The number of carbonyl (C=O) groups excluding carboxylic acids is 1. The number of nitro groups is 1. The number of nitrogens with zero attached hydrogens (tertiary/aromatic N) is 1. The molecule has 112 valence electrons. The highest BCUT2D eigenvalue weighted by atomic mass is 16.7. The third kappa shape index (κ3) is 3.92. The fourth-order valence-electron chi connectivity index (χ4n) is 1.77. The van der Waals surface area contributed by atoms with Crippen LogP contribution in [0.15, 0.2) is 48.5 Å². The first-order valence-corrected chi connectivity index (χ1v) is 6.37. The van der Waals surface area contributed by atoms with Crippen molar-refractivity contribution >= 4 is 24.0 Å². The summed E-state index contributed by atoms with van der Waals surface area (Å²) in [6.45, 7) is 0. The van der Waals surface area contributed by atoms with E-state index in [0.29, 0.717) is 16.9 Å². The largest absolute Gasteiger partial charge is 0.513 e. The molecule has 0 fully saturated rings. The minimum absolute atomic E-state index is 0.0150. The van der Waals surface area contributed by atoms with E-state index >= 15 is 0 Å². The lowest BCUT2D eigenvalue weighted by atomic mass is 10.1. The van der Waals surface area contributed by atoms with E-state index in [0.717, 1.165) is 0 Å². The molecule has 0 atom stereocenters. The van der Waals surface area contributed by atoms with Crippen molar-refractivity contribution in [3.05, 3.63) is 69.8 Å². The van der Waals surface area contributed by atoms with Crippen molar-refractivity contribution in [2.45, 2.75) is 0 Å². The molecule has 0 aliphatic heterocycles. The molecule has 6 nitrogen and oxygen atoms in total. The smallest absolute Gasteiger partial charge is 0.437 e. The van der Waals surface area contributed by atoms with E-state index in [1.807, 2.05) is 0 Å². The van der Waals surface area contributed by atoms with Gasteiger partial charge in [0.1, 0.15) is 5.75 Å². The lowest BCUT2D eigenvalue weighted by molar-refractivity contribution is -0.384. The predicted octanol–water partition coefficient (Wildman–Crippen LogP) is 3.91. The van der Waals surface area contributed by atoms with Crippen molar-refractivity contribution in [3.8, 4) is 5.75 Å². The van der Waals surface area contributed by atoms with E-state index in [4.69, 9.17) is 4.74 Å². The highest BCUT2D eigenvalue weighted by Gasteiger charge is 2.07. The molecule has 0 N–H and O–H groups in total. The molecule has 0 spiro atoms. The second kappa shape index (κ2) is 7.03. The molecule has 0 unspecified atom stereocenters. The van der Waals surface area contributed by atoms with E-state index in [9.17, 15) is 14.9 Å². The van der Waals surface area contributed by atoms with Gasteiger partial charge in [-0.2, -0.15) is 0 Å². The molecule has 0 saturated carbocycles. The predicted molar refractivity (Wildman–Crippen MR) is 81.5 cm³/mol. The molecule has 0 aromatic heterocycles. The lowest BCUT2D eigenvalue weighted by Crippen LogP contribution is -2.07. The van der Waals surface area contributed by atoms with Crippen molar-refractivity contribution in [1.29, 1.82) is 0 Å². The fourth-order valence-corrected chi connectivity index (χ4v) is 1.77. The van der Waals surface area contributed by atoms with E-state index in [-0.39, 0.29) is 5.69 Å². The Hall–Kier alpha value is -3.15. The zero-order valence-electron chi connectivity index (χ0n) is 11.8. The monoisotopic (exact) mass is 299 g/mol. The third-order valence-electron chi connectivity index (χ3n) is 2.82. The average molecular weight is 299 g/mol. The summed E-state index contributed by atoms with van der Waals surface area (Å²) < 4.78 is 9.48. The SMILES string of the molecule is COC(=O)Oc1ccccc1C=Cc1cccc([N+](=O)[O-])c1. The Balaban J connectivity index is 2.25. The number of nitro benzene ring substituents is 1. The Labute approximate surface area is 126 Å². The van der Waals surface area contributed by atoms with Gasteiger partial charge in [-0.15, -0.1) is 0 Å².